The maximum absolute atomic E-state index is 6.61. The standard InChI is InChI=1S/C46H27N5OS/c1-3-13-28(14-4-1)43-48-44(50-45(49-43)35-20-11-18-32-31-17-7-10-24-40(31)53-42(32)35)34-19-12-23-38-41(34)33-26-25-29(27-39(33)52-38)46-47-36-21-8-9-22-37(36)51(46)30-15-5-2-6-16-30/h1-27H. The van der Waals surface area contributed by atoms with E-state index in [0.29, 0.717) is 17.5 Å². The van der Waals surface area contributed by atoms with Crippen molar-refractivity contribution in [2.75, 3.05) is 0 Å². The van der Waals surface area contributed by atoms with E-state index < -0.39 is 0 Å². The molecule has 0 aliphatic heterocycles. The number of hydrogen-bond acceptors (Lipinski definition) is 6. The normalized spacial score (nSPS) is 11.8. The summed E-state index contributed by atoms with van der Waals surface area (Å²) in [6, 6.07) is 56.1. The zero-order valence-corrected chi connectivity index (χ0v) is 29.0. The second-order valence-electron chi connectivity index (χ2n) is 13.0. The van der Waals surface area contributed by atoms with Crippen molar-refractivity contribution in [1.82, 2.24) is 24.5 Å². The predicted octanol–water partition coefficient (Wildman–Crippen LogP) is 12.1. The van der Waals surface area contributed by atoms with Gasteiger partial charge in [0, 0.05) is 58.9 Å². The van der Waals surface area contributed by atoms with Crippen LogP contribution >= 0.6 is 11.3 Å². The lowest BCUT2D eigenvalue weighted by Gasteiger charge is -2.10. The quantitative estimate of drug-likeness (QED) is 0.179. The molecule has 7 heteroatoms. The van der Waals surface area contributed by atoms with Gasteiger partial charge < -0.3 is 4.42 Å². The van der Waals surface area contributed by atoms with Crippen LogP contribution in [0, 0.1) is 0 Å². The molecule has 0 unspecified atom stereocenters. The van der Waals surface area contributed by atoms with Gasteiger partial charge in [-0.05, 0) is 54.6 Å². The predicted molar refractivity (Wildman–Crippen MR) is 216 cm³/mol. The number of benzene rings is 7. The minimum absolute atomic E-state index is 0.593. The van der Waals surface area contributed by atoms with E-state index in [4.69, 9.17) is 24.4 Å². The molecule has 0 bridgehead atoms. The van der Waals surface area contributed by atoms with E-state index in [2.05, 4.69) is 114 Å². The molecule has 6 nitrogen and oxygen atoms in total. The smallest absolute Gasteiger partial charge is 0.165 e. The van der Waals surface area contributed by atoms with Crippen LogP contribution in [-0.2, 0) is 0 Å². The van der Waals surface area contributed by atoms with Crippen LogP contribution in [0.3, 0.4) is 0 Å². The highest BCUT2D eigenvalue weighted by Gasteiger charge is 2.21. The Balaban J connectivity index is 1.11. The van der Waals surface area contributed by atoms with Crippen molar-refractivity contribution in [3.05, 3.63) is 164 Å². The van der Waals surface area contributed by atoms with Crippen LogP contribution in [-0.4, -0.2) is 24.5 Å². The van der Waals surface area contributed by atoms with Crippen molar-refractivity contribution in [2.24, 2.45) is 0 Å². The first-order valence-corrected chi connectivity index (χ1v) is 18.3. The fourth-order valence-corrected chi connectivity index (χ4v) is 8.68. The fourth-order valence-electron chi connectivity index (χ4n) is 7.47. The topological polar surface area (TPSA) is 69.6 Å². The molecular weight excluding hydrogens is 671 g/mol. The highest BCUT2D eigenvalue weighted by Crippen LogP contribution is 2.41. The molecule has 11 rings (SSSR count). The molecule has 11 aromatic rings. The van der Waals surface area contributed by atoms with E-state index in [0.717, 1.165) is 71.4 Å². The van der Waals surface area contributed by atoms with Gasteiger partial charge in [-0.15, -0.1) is 11.3 Å². The molecule has 0 N–H and O–H groups in total. The maximum atomic E-state index is 6.61. The highest BCUT2D eigenvalue weighted by molar-refractivity contribution is 7.26. The molecule has 0 fully saturated rings. The average Bonchev–Trinajstić information content (AvgIpc) is 3.92. The lowest BCUT2D eigenvalue weighted by Crippen LogP contribution is -2.00. The Morgan fingerprint density at radius 3 is 2.06 bits per heavy atom. The first-order valence-electron chi connectivity index (χ1n) is 17.5. The fraction of sp³-hybridized carbons (Fsp3) is 0. The highest BCUT2D eigenvalue weighted by atomic mass is 32.1. The van der Waals surface area contributed by atoms with Gasteiger partial charge in [0.25, 0.3) is 0 Å². The Labute approximate surface area is 307 Å². The van der Waals surface area contributed by atoms with Gasteiger partial charge in [-0.3, -0.25) is 4.57 Å². The number of nitrogens with zero attached hydrogens (tertiary/aromatic N) is 5. The van der Waals surface area contributed by atoms with E-state index in [-0.39, 0.29) is 0 Å². The van der Waals surface area contributed by atoms with E-state index in [9.17, 15) is 0 Å². The van der Waals surface area contributed by atoms with Crippen LogP contribution in [0.2, 0.25) is 0 Å². The minimum atomic E-state index is 0.593. The Kier molecular flexibility index (Phi) is 6.62. The summed E-state index contributed by atoms with van der Waals surface area (Å²) in [5, 5.41) is 4.38. The summed E-state index contributed by atoms with van der Waals surface area (Å²) >= 11 is 1.77. The van der Waals surface area contributed by atoms with Crippen molar-refractivity contribution in [3.8, 4) is 51.2 Å². The van der Waals surface area contributed by atoms with E-state index in [1.807, 2.05) is 54.6 Å². The third kappa shape index (κ3) is 4.79. The second kappa shape index (κ2) is 11.8. The summed E-state index contributed by atoms with van der Waals surface area (Å²) in [7, 11) is 0. The van der Waals surface area contributed by atoms with Crippen molar-refractivity contribution < 1.29 is 4.42 Å². The van der Waals surface area contributed by atoms with Crippen molar-refractivity contribution in [2.45, 2.75) is 0 Å². The Morgan fingerprint density at radius 2 is 1.17 bits per heavy atom. The first kappa shape index (κ1) is 29.7. The first-order chi connectivity index (χ1) is 26.3. The van der Waals surface area contributed by atoms with Gasteiger partial charge in [-0.2, -0.15) is 0 Å². The van der Waals surface area contributed by atoms with Gasteiger partial charge >= 0.3 is 0 Å². The summed E-state index contributed by atoms with van der Waals surface area (Å²) in [5.41, 5.74) is 8.32. The van der Waals surface area contributed by atoms with Gasteiger partial charge in [0.2, 0.25) is 0 Å². The maximum Gasteiger partial charge on any atom is 0.165 e. The monoisotopic (exact) mass is 697 g/mol. The van der Waals surface area contributed by atoms with Gasteiger partial charge in [0.15, 0.2) is 17.5 Å². The number of para-hydroxylation sites is 3. The molecule has 0 atom stereocenters. The van der Waals surface area contributed by atoms with Crippen molar-refractivity contribution >= 4 is 64.5 Å². The van der Waals surface area contributed by atoms with Crippen molar-refractivity contribution in [1.29, 1.82) is 0 Å². The van der Waals surface area contributed by atoms with E-state index >= 15 is 0 Å². The molecule has 0 aliphatic rings. The zero-order chi connectivity index (χ0) is 34.9. The SMILES string of the molecule is c1ccc(-c2nc(-c3cccc4c3sc3ccccc34)nc(-c3cccc4oc5cc(-c6nc7ccccc7n6-c6ccccc6)ccc5c34)n2)cc1. The van der Waals surface area contributed by atoms with Crippen LogP contribution in [0.15, 0.2) is 168 Å². The van der Waals surface area contributed by atoms with E-state index in [1.54, 1.807) is 11.3 Å². The molecular formula is C46H27N5OS. The van der Waals surface area contributed by atoms with Crippen molar-refractivity contribution in [3.63, 3.8) is 0 Å². The van der Waals surface area contributed by atoms with Gasteiger partial charge in [-0.1, -0.05) is 109 Å². The average molecular weight is 698 g/mol. The summed E-state index contributed by atoms with van der Waals surface area (Å²) in [4.78, 5) is 20.5. The Bertz CT molecular complexity index is 3180. The molecule has 0 amide bonds. The molecule has 53 heavy (non-hydrogen) atoms. The number of imidazole rings is 1. The third-order valence-electron chi connectivity index (χ3n) is 9.88. The van der Waals surface area contributed by atoms with Crippen LogP contribution < -0.4 is 0 Å². The minimum Gasteiger partial charge on any atom is -0.456 e. The second-order valence-corrected chi connectivity index (χ2v) is 14.1. The molecule has 0 radical (unpaired) electrons. The van der Waals surface area contributed by atoms with Gasteiger partial charge in [0.05, 0.1) is 11.0 Å². The molecule has 7 aromatic carbocycles. The number of fused-ring (bicyclic) bond motifs is 7. The number of aromatic nitrogens is 5. The third-order valence-corrected chi connectivity index (χ3v) is 11.1. The number of thiophene rings is 1. The molecule has 4 heterocycles. The molecule has 0 spiro atoms. The van der Waals surface area contributed by atoms with Crippen LogP contribution in [0.4, 0.5) is 0 Å². The molecule has 0 saturated heterocycles. The van der Waals surface area contributed by atoms with Crippen LogP contribution in [0.25, 0.3) is 104 Å². The lowest BCUT2D eigenvalue weighted by molar-refractivity contribution is 0.669. The number of hydrogen-bond donors (Lipinski definition) is 0. The summed E-state index contributed by atoms with van der Waals surface area (Å²) in [6.07, 6.45) is 0. The zero-order valence-electron chi connectivity index (χ0n) is 28.1. The molecule has 4 aromatic heterocycles. The molecule has 0 saturated carbocycles. The lowest BCUT2D eigenvalue weighted by atomic mass is 10.0. The Morgan fingerprint density at radius 1 is 0.472 bits per heavy atom. The Hall–Kier alpha value is -6.96. The molecule has 248 valence electrons. The largest absolute Gasteiger partial charge is 0.456 e. The summed E-state index contributed by atoms with van der Waals surface area (Å²) in [6.45, 7) is 0. The number of rotatable bonds is 5. The molecule has 0 aliphatic carbocycles. The van der Waals surface area contributed by atoms with Crippen LogP contribution in [0.1, 0.15) is 0 Å². The number of furan rings is 1. The van der Waals surface area contributed by atoms with E-state index in [1.165, 1.54) is 15.5 Å². The van der Waals surface area contributed by atoms with Crippen LogP contribution in [0.5, 0.6) is 0 Å². The summed E-state index contributed by atoms with van der Waals surface area (Å²) < 4.78 is 11.2. The van der Waals surface area contributed by atoms with Gasteiger partial charge in [-0.25, -0.2) is 19.9 Å². The summed E-state index contributed by atoms with van der Waals surface area (Å²) in [5.74, 6) is 2.70. The van der Waals surface area contributed by atoms with Gasteiger partial charge in [0.1, 0.15) is 17.0 Å².